The van der Waals surface area contributed by atoms with Gasteiger partial charge in [-0.1, -0.05) is 24.6 Å². The second-order valence-electron chi connectivity index (χ2n) is 8.36. The lowest BCUT2D eigenvalue weighted by molar-refractivity contribution is 0.0717. The van der Waals surface area contributed by atoms with Crippen LogP contribution < -0.4 is 0 Å². The lowest BCUT2D eigenvalue weighted by atomic mass is 10.0. The summed E-state index contributed by atoms with van der Waals surface area (Å²) in [7, 11) is -3.81. The third kappa shape index (κ3) is 5.46. The van der Waals surface area contributed by atoms with E-state index in [0.717, 1.165) is 18.4 Å². The van der Waals surface area contributed by atoms with Crippen LogP contribution >= 0.6 is 11.6 Å². The molecule has 1 saturated heterocycles. The quantitative estimate of drug-likeness (QED) is 0.486. The summed E-state index contributed by atoms with van der Waals surface area (Å²) in [4.78, 5) is 19.2. The number of halogens is 1. The fourth-order valence-corrected chi connectivity index (χ4v) is 6.12. The number of pyridine rings is 1. The fourth-order valence-electron chi connectivity index (χ4n) is 4.02. The van der Waals surface area contributed by atoms with Gasteiger partial charge in [0.1, 0.15) is 10.7 Å². The summed E-state index contributed by atoms with van der Waals surface area (Å²) in [5.41, 5.74) is 1.10. The van der Waals surface area contributed by atoms with Crippen LogP contribution in [0.2, 0.25) is 5.02 Å². The SMILES string of the molecule is CC1CCCN(S(=O)(=O)c2cc(C(=O)N(Cc3cccnc3)Cc3ccco3)ccc2Cl)C1. The first-order valence-electron chi connectivity index (χ1n) is 10.8. The zero-order valence-electron chi connectivity index (χ0n) is 18.4. The normalized spacial score (nSPS) is 17.1. The number of benzene rings is 1. The van der Waals surface area contributed by atoms with E-state index >= 15 is 0 Å². The minimum absolute atomic E-state index is 0.0385. The van der Waals surface area contributed by atoms with E-state index in [-0.39, 0.29) is 33.9 Å². The Kier molecular flexibility index (Phi) is 7.17. The largest absolute Gasteiger partial charge is 0.467 e. The second-order valence-corrected chi connectivity index (χ2v) is 10.7. The molecular formula is C24H26ClN3O4S. The molecular weight excluding hydrogens is 462 g/mol. The topological polar surface area (TPSA) is 83.7 Å². The lowest BCUT2D eigenvalue weighted by Crippen LogP contribution is -2.39. The van der Waals surface area contributed by atoms with Crippen LogP contribution in [0.5, 0.6) is 0 Å². The minimum Gasteiger partial charge on any atom is -0.467 e. The first-order chi connectivity index (χ1) is 15.8. The maximum absolute atomic E-state index is 13.5. The third-order valence-electron chi connectivity index (χ3n) is 5.73. The predicted octanol–water partition coefficient (Wildman–Crippen LogP) is 4.59. The molecule has 1 aromatic carbocycles. The van der Waals surface area contributed by atoms with Gasteiger partial charge in [-0.3, -0.25) is 9.78 Å². The smallest absolute Gasteiger partial charge is 0.254 e. The number of carbonyl (C=O) groups is 1. The average molecular weight is 488 g/mol. The number of sulfonamides is 1. The Morgan fingerprint density at radius 1 is 1.24 bits per heavy atom. The third-order valence-corrected chi connectivity index (χ3v) is 8.07. The molecule has 33 heavy (non-hydrogen) atoms. The maximum atomic E-state index is 13.5. The van der Waals surface area contributed by atoms with Crippen molar-refractivity contribution < 1.29 is 17.6 Å². The average Bonchev–Trinajstić information content (AvgIpc) is 3.32. The van der Waals surface area contributed by atoms with Gasteiger partial charge in [0.25, 0.3) is 5.91 Å². The Bertz CT molecular complexity index is 1200. The lowest BCUT2D eigenvalue weighted by Gasteiger charge is -2.30. The van der Waals surface area contributed by atoms with Crippen molar-refractivity contribution in [1.29, 1.82) is 0 Å². The first kappa shape index (κ1) is 23.5. The van der Waals surface area contributed by atoms with E-state index in [4.69, 9.17) is 16.0 Å². The van der Waals surface area contributed by atoms with E-state index in [1.165, 1.54) is 16.4 Å². The molecule has 0 bridgehead atoms. The van der Waals surface area contributed by atoms with E-state index in [9.17, 15) is 13.2 Å². The van der Waals surface area contributed by atoms with Gasteiger partial charge in [0.05, 0.1) is 17.8 Å². The molecule has 7 nitrogen and oxygen atoms in total. The Morgan fingerprint density at radius 2 is 2.09 bits per heavy atom. The molecule has 1 aliphatic rings. The molecule has 4 rings (SSSR count). The van der Waals surface area contributed by atoms with Gasteiger partial charge in [0.15, 0.2) is 0 Å². The number of hydrogen-bond donors (Lipinski definition) is 0. The standard InChI is InChI=1S/C24H26ClN3O4S/c1-18-5-3-11-28(15-18)33(30,31)23-13-20(8-9-22(23)25)24(29)27(17-21-7-4-12-32-21)16-19-6-2-10-26-14-19/h2,4,6-10,12-14,18H,3,5,11,15-17H2,1H3. The van der Waals surface area contributed by atoms with Crippen LogP contribution in [0.15, 0.2) is 70.4 Å². The molecule has 1 atom stereocenters. The number of hydrogen-bond acceptors (Lipinski definition) is 5. The molecule has 1 amide bonds. The van der Waals surface area contributed by atoms with Crippen LogP contribution in [0.25, 0.3) is 0 Å². The van der Waals surface area contributed by atoms with Crippen molar-refractivity contribution in [3.05, 3.63) is 83.0 Å². The number of piperidine rings is 1. The minimum atomic E-state index is -3.81. The molecule has 1 aliphatic heterocycles. The highest BCUT2D eigenvalue weighted by atomic mass is 35.5. The van der Waals surface area contributed by atoms with Crippen LogP contribution in [0.4, 0.5) is 0 Å². The second kappa shape index (κ2) is 10.1. The summed E-state index contributed by atoms with van der Waals surface area (Å²) in [5, 5.41) is 0.106. The Balaban J connectivity index is 1.65. The number of furan rings is 1. The summed E-state index contributed by atoms with van der Waals surface area (Å²) < 4.78 is 33.6. The molecule has 2 aromatic heterocycles. The maximum Gasteiger partial charge on any atom is 0.254 e. The summed E-state index contributed by atoms with van der Waals surface area (Å²) in [6, 6.07) is 11.7. The van der Waals surface area contributed by atoms with E-state index in [0.29, 0.717) is 25.4 Å². The van der Waals surface area contributed by atoms with Crippen molar-refractivity contribution in [2.24, 2.45) is 5.92 Å². The molecule has 0 saturated carbocycles. The highest BCUT2D eigenvalue weighted by Gasteiger charge is 2.31. The van der Waals surface area contributed by atoms with Gasteiger partial charge in [-0.25, -0.2) is 8.42 Å². The molecule has 9 heteroatoms. The van der Waals surface area contributed by atoms with Gasteiger partial charge in [0, 0.05) is 37.6 Å². The van der Waals surface area contributed by atoms with Gasteiger partial charge < -0.3 is 9.32 Å². The van der Waals surface area contributed by atoms with Crippen LogP contribution in [0.1, 0.15) is 41.4 Å². The van der Waals surface area contributed by atoms with Crippen LogP contribution in [-0.4, -0.2) is 41.6 Å². The van der Waals surface area contributed by atoms with Crippen LogP contribution in [0, 0.1) is 5.92 Å². The summed E-state index contributed by atoms with van der Waals surface area (Å²) in [6.45, 7) is 3.46. The highest BCUT2D eigenvalue weighted by molar-refractivity contribution is 7.89. The zero-order chi connectivity index (χ0) is 23.4. The van der Waals surface area contributed by atoms with Crippen molar-refractivity contribution in [2.75, 3.05) is 13.1 Å². The number of amides is 1. The molecule has 3 heterocycles. The van der Waals surface area contributed by atoms with Crippen molar-refractivity contribution in [2.45, 2.75) is 37.8 Å². The first-order valence-corrected chi connectivity index (χ1v) is 12.7. The molecule has 0 aliphatic carbocycles. The number of aromatic nitrogens is 1. The van der Waals surface area contributed by atoms with E-state index in [1.807, 2.05) is 13.0 Å². The van der Waals surface area contributed by atoms with Gasteiger partial charge in [-0.2, -0.15) is 4.31 Å². The molecule has 0 spiro atoms. The van der Waals surface area contributed by atoms with Gasteiger partial charge in [0.2, 0.25) is 10.0 Å². The predicted molar refractivity (Wildman–Crippen MR) is 125 cm³/mol. The van der Waals surface area contributed by atoms with Crippen molar-refractivity contribution in [3.8, 4) is 0 Å². The van der Waals surface area contributed by atoms with Crippen LogP contribution in [0.3, 0.4) is 0 Å². The van der Waals surface area contributed by atoms with E-state index in [2.05, 4.69) is 4.98 Å². The van der Waals surface area contributed by atoms with Gasteiger partial charge in [-0.05, 0) is 60.7 Å². The molecule has 1 unspecified atom stereocenters. The van der Waals surface area contributed by atoms with Gasteiger partial charge >= 0.3 is 0 Å². The summed E-state index contributed by atoms with van der Waals surface area (Å²) >= 11 is 6.31. The van der Waals surface area contributed by atoms with Crippen LogP contribution in [-0.2, 0) is 23.1 Å². The fraction of sp³-hybridized carbons (Fsp3) is 0.333. The Labute approximate surface area is 199 Å². The van der Waals surface area contributed by atoms with Gasteiger partial charge in [-0.15, -0.1) is 0 Å². The summed E-state index contributed by atoms with van der Waals surface area (Å²) in [6.07, 6.45) is 6.71. The zero-order valence-corrected chi connectivity index (χ0v) is 19.9. The molecule has 3 aromatic rings. The van der Waals surface area contributed by atoms with Crippen molar-refractivity contribution in [3.63, 3.8) is 0 Å². The van der Waals surface area contributed by atoms with Crippen molar-refractivity contribution >= 4 is 27.5 Å². The number of nitrogens with zero attached hydrogens (tertiary/aromatic N) is 3. The van der Waals surface area contributed by atoms with Crippen molar-refractivity contribution in [1.82, 2.24) is 14.2 Å². The Morgan fingerprint density at radius 3 is 2.79 bits per heavy atom. The Hall–Kier alpha value is -2.68. The highest BCUT2D eigenvalue weighted by Crippen LogP contribution is 2.30. The number of carbonyl (C=O) groups excluding carboxylic acids is 1. The number of rotatable bonds is 7. The summed E-state index contributed by atoms with van der Waals surface area (Å²) in [5.74, 6) is 0.576. The molecule has 1 fully saturated rings. The molecule has 0 N–H and O–H groups in total. The van der Waals surface area contributed by atoms with E-state index < -0.39 is 10.0 Å². The molecule has 0 radical (unpaired) electrons. The molecule has 174 valence electrons. The van der Waals surface area contributed by atoms with E-state index in [1.54, 1.807) is 47.8 Å². The monoisotopic (exact) mass is 487 g/mol.